The molecule has 2 heterocycles. The number of nitrogens with two attached hydrogens (primary N) is 1. The highest BCUT2D eigenvalue weighted by Crippen LogP contribution is 2.48. The number of esters is 1. The highest BCUT2D eigenvalue weighted by molar-refractivity contribution is 8.28. The van der Waals surface area contributed by atoms with Gasteiger partial charge in [0, 0.05) is 6.54 Å². The number of primary sulfonamides is 1. The average molecular weight is 786 g/mol. The fourth-order valence-electron chi connectivity index (χ4n) is 5.01. The van der Waals surface area contributed by atoms with Crippen LogP contribution in [0.15, 0.2) is 67.5 Å². The van der Waals surface area contributed by atoms with Crippen LogP contribution in [-0.2, 0) is 44.2 Å². The summed E-state index contributed by atoms with van der Waals surface area (Å²) in [7, 11) is -12.7. The van der Waals surface area contributed by atoms with Crippen LogP contribution >= 0.6 is 11.8 Å². The summed E-state index contributed by atoms with van der Waals surface area (Å²) in [5, 5.41) is 13.0. The first-order chi connectivity index (χ1) is 24.0. The second-order valence-electron chi connectivity index (χ2n) is 11.5. The molecule has 0 radical (unpaired) electrons. The average Bonchev–Trinajstić information content (AvgIpc) is 3.30. The number of hydrogen-bond donors (Lipinski definition) is 5. The van der Waals surface area contributed by atoms with Gasteiger partial charge in [0.15, 0.2) is 22.2 Å². The zero-order valence-corrected chi connectivity index (χ0v) is 31.2. The molecule has 2 amide bonds. The normalized spacial score (nSPS) is 18.3. The lowest BCUT2D eigenvalue weighted by molar-refractivity contribution is -0.127. The first-order valence-corrected chi connectivity index (χ1v) is 21.1. The van der Waals surface area contributed by atoms with E-state index in [1.54, 1.807) is 37.3 Å². The number of carbonyl (C=O) groups is 3. The van der Waals surface area contributed by atoms with Gasteiger partial charge in [-0.05, 0) is 62.2 Å². The molecule has 0 bridgehead atoms. The predicted molar refractivity (Wildman–Crippen MR) is 191 cm³/mol. The van der Waals surface area contributed by atoms with E-state index in [0.717, 1.165) is 12.5 Å². The molecule has 0 fully saturated rings. The fraction of sp³-hybridized carbons (Fsp3) is 0.387. The molecule has 2 aliphatic rings. The van der Waals surface area contributed by atoms with Gasteiger partial charge in [0.25, 0.3) is 21.8 Å². The summed E-state index contributed by atoms with van der Waals surface area (Å²) < 4.78 is 89.2. The molecule has 2 aliphatic heterocycles. The molecule has 0 saturated carbocycles. The fourth-order valence-corrected chi connectivity index (χ4v) is 10.8. The van der Waals surface area contributed by atoms with Gasteiger partial charge in [0.1, 0.15) is 19.1 Å². The Labute approximate surface area is 301 Å². The molecule has 0 aromatic heterocycles. The Morgan fingerprint density at radius 2 is 1.75 bits per heavy atom. The van der Waals surface area contributed by atoms with E-state index >= 15 is 0 Å². The maximum Gasteiger partial charge on any atom is 0.338 e. The van der Waals surface area contributed by atoms with E-state index in [2.05, 4.69) is 16.0 Å². The van der Waals surface area contributed by atoms with Crippen LogP contribution in [0.4, 0.5) is 5.69 Å². The molecule has 0 saturated heterocycles. The van der Waals surface area contributed by atoms with Gasteiger partial charge in [-0.2, -0.15) is 0 Å². The molecule has 51 heavy (non-hydrogen) atoms. The number of para-hydroxylation sites is 1. The molecule has 0 unspecified atom stereocenters. The van der Waals surface area contributed by atoms with Gasteiger partial charge in [-0.25, -0.2) is 39.9 Å². The van der Waals surface area contributed by atoms with Gasteiger partial charge in [0.05, 0.1) is 29.1 Å². The topological polar surface area (TPSA) is 246 Å². The largest absolute Gasteiger partial charge is 0.454 e. The standard InChI is InChI=1S/C31H39N5O11S4/c1-4-6-12-34-24-14-20(15-25(50(32,42)43)29(24)47-21-10-8-7-9-11-21)30(39)46-18-27(38)35-17-26(37)36-51(44,45)28-16-23(33-5-2)22-13-19(3)49(40,41)31(22)48-28/h7-11,14-16,19,23,33-34H,4-6,12-13,17-18H2,1-3H3,(H,35,38)(H,36,37)(H2,32,42,43)/t19-,23-/m0/s1. The summed E-state index contributed by atoms with van der Waals surface area (Å²) in [6, 6.07) is 9.87. The van der Waals surface area contributed by atoms with Crippen LogP contribution in [0, 0.1) is 0 Å². The van der Waals surface area contributed by atoms with Crippen molar-refractivity contribution in [1.82, 2.24) is 15.4 Å². The third-order valence-corrected chi connectivity index (χ3v) is 14.3. The number of benzene rings is 2. The van der Waals surface area contributed by atoms with Gasteiger partial charge in [-0.3, -0.25) is 9.59 Å². The van der Waals surface area contributed by atoms with Crippen molar-refractivity contribution in [2.24, 2.45) is 5.14 Å². The number of thioether (sulfide) groups is 1. The Morgan fingerprint density at radius 1 is 1.04 bits per heavy atom. The molecule has 4 rings (SSSR count). The second kappa shape index (κ2) is 16.6. The number of rotatable bonds is 16. The maximum atomic E-state index is 13.1. The quantitative estimate of drug-likeness (QED) is 0.121. The molecule has 278 valence electrons. The number of nitrogens with one attached hydrogen (secondary N) is 4. The van der Waals surface area contributed by atoms with Crippen molar-refractivity contribution < 1.29 is 49.1 Å². The van der Waals surface area contributed by atoms with E-state index in [4.69, 9.17) is 14.6 Å². The van der Waals surface area contributed by atoms with Crippen LogP contribution in [-0.4, -0.2) is 80.6 Å². The molecule has 2 aromatic rings. The summed E-state index contributed by atoms with van der Waals surface area (Å²) in [6.45, 7) is 4.34. The van der Waals surface area contributed by atoms with Crippen molar-refractivity contribution in [3.63, 3.8) is 0 Å². The minimum absolute atomic E-state index is 0.0650. The number of amides is 2. The van der Waals surface area contributed by atoms with Crippen molar-refractivity contribution in [1.29, 1.82) is 0 Å². The van der Waals surface area contributed by atoms with E-state index in [1.165, 1.54) is 19.1 Å². The predicted octanol–water partition coefficient (Wildman–Crippen LogP) is 2.04. The summed E-state index contributed by atoms with van der Waals surface area (Å²) >= 11 is 0.542. The minimum atomic E-state index is -4.53. The van der Waals surface area contributed by atoms with E-state index in [9.17, 15) is 39.6 Å². The number of ether oxygens (including phenoxy) is 2. The Hall–Kier alpha value is -3.95. The summed E-state index contributed by atoms with van der Waals surface area (Å²) in [4.78, 5) is 37.4. The van der Waals surface area contributed by atoms with Gasteiger partial charge >= 0.3 is 5.97 Å². The molecule has 16 nitrogen and oxygen atoms in total. The minimum Gasteiger partial charge on any atom is -0.454 e. The van der Waals surface area contributed by atoms with E-state index in [1.807, 2.05) is 11.6 Å². The molecule has 6 N–H and O–H groups in total. The number of sulfone groups is 1. The molecule has 0 spiro atoms. The van der Waals surface area contributed by atoms with Crippen LogP contribution in [0.2, 0.25) is 0 Å². The van der Waals surface area contributed by atoms with Gasteiger partial charge in [-0.1, -0.05) is 50.2 Å². The molecular formula is C31H39N5O11S4. The van der Waals surface area contributed by atoms with Crippen LogP contribution in [0.1, 0.15) is 50.4 Å². The first-order valence-electron chi connectivity index (χ1n) is 15.7. The lowest BCUT2D eigenvalue weighted by atomic mass is 10.0. The van der Waals surface area contributed by atoms with E-state index < -0.39 is 77.0 Å². The maximum absolute atomic E-state index is 13.1. The Balaban J connectivity index is 1.40. The number of unbranched alkanes of at least 4 members (excludes halogenated alkanes) is 1. The molecule has 2 atom stereocenters. The summed E-state index contributed by atoms with van der Waals surface area (Å²) in [5.74, 6) is -3.07. The zero-order chi connectivity index (χ0) is 37.6. The van der Waals surface area contributed by atoms with Crippen LogP contribution < -0.4 is 30.5 Å². The summed E-state index contributed by atoms with van der Waals surface area (Å²) in [6.07, 6.45) is 3.08. The third kappa shape index (κ3) is 9.89. The van der Waals surface area contributed by atoms with Gasteiger partial charge < -0.3 is 25.4 Å². The number of likely N-dealkylation sites (N-methyl/N-ethyl adjacent to an activating group) is 1. The van der Waals surface area contributed by atoms with Gasteiger partial charge in [-0.15, -0.1) is 0 Å². The lowest BCUT2D eigenvalue weighted by Crippen LogP contribution is -2.41. The highest BCUT2D eigenvalue weighted by atomic mass is 32.3. The SMILES string of the molecule is CCCCNc1cc(C(=O)OCC(=O)NCC(=O)NS(=O)(=O)C2=C[C@H](NCC)C3=C(S2)S(=O)(=O)[C@@H](C)C3)cc(S(N)(=O)=O)c1Oc1ccccc1. The first kappa shape index (κ1) is 39.8. The zero-order valence-electron chi connectivity index (χ0n) is 27.9. The van der Waals surface area contributed by atoms with Crippen molar-refractivity contribution >= 4 is 65.1 Å². The smallest absolute Gasteiger partial charge is 0.338 e. The Bertz CT molecular complexity index is 2070. The molecule has 0 aliphatic carbocycles. The number of hydrogen-bond acceptors (Lipinski definition) is 14. The van der Waals surface area contributed by atoms with Crippen LogP contribution in [0.25, 0.3) is 0 Å². The summed E-state index contributed by atoms with van der Waals surface area (Å²) in [5.41, 5.74) is 0.410. The number of sulfonamides is 2. The van der Waals surface area contributed by atoms with Crippen LogP contribution in [0.3, 0.4) is 0 Å². The van der Waals surface area contributed by atoms with Crippen molar-refractivity contribution in [3.05, 3.63) is 68.2 Å². The van der Waals surface area contributed by atoms with Crippen LogP contribution in [0.5, 0.6) is 11.5 Å². The van der Waals surface area contributed by atoms with Crippen molar-refractivity contribution in [3.8, 4) is 11.5 Å². The van der Waals surface area contributed by atoms with E-state index in [0.29, 0.717) is 42.6 Å². The number of carbonyl (C=O) groups excluding carboxylic acids is 3. The van der Waals surface area contributed by atoms with Gasteiger partial charge in [0.2, 0.25) is 10.0 Å². The molecular weight excluding hydrogens is 747 g/mol. The second-order valence-corrected chi connectivity index (χ2v) is 18.5. The Morgan fingerprint density at radius 3 is 2.39 bits per heavy atom. The van der Waals surface area contributed by atoms with Crippen molar-refractivity contribution in [2.75, 3.05) is 31.6 Å². The lowest BCUT2D eigenvalue weighted by Gasteiger charge is -2.23. The van der Waals surface area contributed by atoms with E-state index in [-0.39, 0.29) is 31.9 Å². The number of anilines is 1. The third-order valence-electron chi connectivity index (χ3n) is 7.55. The molecule has 20 heteroatoms. The van der Waals surface area contributed by atoms with Crippen molar-refractivity contribution in [2.45, 2.75) is 56.2 Å². The monoisotopic (exact) mass is 785 g/mol. The Kier molecular flexibility index (Phi) is 13.0. The highest BCUT2D eigenvalue weighted by Gasteiger charge is 2.44. The molecule has 2 aromatic carbocycles.